The van der Waals surface area contributed by atoms with E-state index in [0.717, 1.165) is 36.8 Å². The van der Waals surface area contributed by atoms with Crippen LogP contribution in [0.25, 0.3) is 11.0 Å². The number of amides is 1. The molecule has 6 heteroatoms. The maximum absolute atomic E-state index is 13.8. The third-order valence-corrected chi connectivity index (χ3v) is 5.33. The van der Waals surface area contributed by atoms with E-state index in [0.29, 0.717) is 11.3 Å². The maximum atomic E-state index is 13.8. The van der Waals surface area contributed by atoms with Crippen molar-refractivity contribution in [2.24, 2.45) is 0 Å². The molecular weight excluding hydrogens is 357 g/mol. The van der Waals surface area contributed by atoms with E-state index in [9.17, 15) is 9.18 Å². The number of ether oxygens (including phenoxy) is 1. The Morgan fingerprint density at radius 3 is 2.71 bits per heavy atom. The van der Waals surface area contributed by atoms with Crippen LogP contribution < -0.4 is 5.32 Å². The largest absolute Gasteiger partial charge is 0.369 e. The fourth-order valence-corrected chi connectivity index (χ4v) is 3.99. The Bertz CT molecular complexity index is 965. The van der Waals surface area contributed by atoms with Crippen LogP contribution in [0.15, 0.2) is 48.5 Å². The highest BCUT2D eigenvalue weighted by Crippen LogP contribution is 2.28. The molecule has 0 radical (unpaired) electrons. The van der Waals surface area contributed by atoms with Crippen molar-refractivity contribution in [3.05, 3.63) is 65.7 Å². The number of nitrogens with zero attached hydrogens (tertiary/aromatic N) is 2. The molecule has 1 fully saturated rings. The fourth-order valence-electron chi connectivity index (χ4n) is 3.99. The number of carbonyl (C=O) groups excluding carboxylic acids is 1. The third-order valence-electron chi connectivity index (χ3n) is 5.33. The van der Waals surface area contributed by atoms with Gasteiger partial charge in [0.15, 0.2) is 0 Å². The molecule has 28 heavy (non-hydrogen) atoms. The van der Waals surface area contributed by atoms with Gasteiger partial charge in [0.25, 0.3) is 0 Å². The Morgan fingerprint density at radius 1 is 1.25 bits per heavy atom. The van der Waals surface area contributed by atoms with Crippen LogP contribution in [0.4, 0.5) is 4.39 Å². The van der Waals surface area contributed by atoms with Gasteiger partial charge in [-0.2, -0.15) is 0 Å². The van der Waals surface area contributed by atoms with Crippen LogP contribution in [0.5, 0.6) is 0 Å². The molecule has 0 saturated heterocycles. The van der Waals surface area contributed by atoms with Crippen molar-refractivity contribution in [1.29, 1.82) is 0 Å². The molecule has 1 amide bonds. The second-order valence-electron chi connectivity index (χ2n) is 7.26. The lowest BCUT2D eigenvalue weighted by Gasteiger charge is -2.18. The highest BCUT2D eigenvalue weighted by atomic mass is 19.1. The van der Waals surface area contributed by atoms with Crippen LogP contribution in [0.3, 0.4) is 0 Å². The van der Waals surface area contributed by atoms with Gasteiger partial charge in [-0.25, -0.2) is 9.37 Å². The Kier molecular flexibility index (Phi) is 5.39. The van der Waals surface area contributed by atoms with Crippen LogP contribution in [-0.2, 0) is 16.1 Å². The zero-order valence-corrected chi connectivity index (χ0v) is 15.9. The summed E-state index contributed by atoms with van der Waals surface area (Å²) in [6.45, 7) is 0.126. The van der Waals surface area contributed by atoms with Gasteiger partial charge in [0, 0.05) is 19.2 Å². The van der Waals surface area contributed by atoms with Gasteiger partial charge in [-0.1, -0.05) is 43.2 Å². The van der Waals surface area contributed by atoms with E-state index in [1.807, 2.05) is 34.9 Å². The topological polar surface area (TPSA) is 56.2 Å². The van der Waals surface area contributed by atoms with Gasteiger partial charge >= 0.3 is 0 Å². The molecule has 1 saturated carbocycles. The molecule has 4 rings (SSSR count). The van der Waals surface area contributed by atoms with Crippen molar-refractivity contribution in [1.82, 2.24) is 14.9 Å². The number of rotatable bonds is 6. The average Bonchev–Trinajstić information content (AvgIpc) is 3.31. The lowest BCUT2D eigenvalue weighted by Crippen LogP contribution is -2.35. The normalized spacial score (nSPS) is 15.8. The quantitative estimate of drug-likeness (QED) is 0.703. The van der Waals surface area contributed by atoms with E-state index >= 15 is 0 Å². The SMILES string of the molecule is CO[C@H](c1ccccc1)c1nc2cc(F)ccc2n1CC(=O)NC1CCCC1. The number of imidazole rings is 1. The first-order valence-electron chi connectivity index (χ1n) is 9.68. The summed E-state index contributed by atoms with van der Waals surface area (Å²) in [6, 6.07) is 14.4. The lowest BCUT2D eigenvalue weighted by atomic mass is 10.1. The Balaban J connectivity index is 1.72. The van der Waals surface area contributed by atoms with Crippen molar-refractivity contribution >= 4 is 16.9 Å². The zero-order chi connectivity index (χ0) is 19.5. The molecule has 146 valence electrons. The second kappa shape index (κ2) is 8.10. The van der Waals surface area contributed by atoms with Crippen LogP contribution in [0.2, 0.25) is 0 Å². The Hall–Kier alpha value is -2.73. The van der Waals surface area contributed by atoms with Gasteiger partial charge in [-0.3, -0.25) is 4.79 Å². The molecule has 3 aromatic rings. The number of fused-ring (bicyclic) bond motifs is 1. The standard InChI is InChI=1S/C22H24FN3O2/c1-28-21(15-7-3-2-4-8-15)22-25-18-13-16(23)11-12-19(18)26(22)14-20(27)24-17-9-5-6-10-17/h2-4,7-8,11-13,17,21H,5-6,9-10,14H2,1H3,(H,24,27)/t21-/m1/s1. The summed E-state index contributed by atoms with van der Waals surface area (Å²) in [6.07, 6.45) is 3.92. The first kappa shape index (κ1) is 18.6. The Morgan fingerprint density at radius 2 is 2.00 bits per heavy atom. The minimum atomic E-state index is -0.448. The molecule has 1 atom stereocenters. The number of aromatic nitrogens is 2. The first-order valence-corrected chi connectivity index (χ1v) is 9.68. The molecule has 0 unspecified atom stereocenters. The smallest absolute Gasteiger partial charge is 0.240 e. The average molecular weight is 381 g/mol. The third kappa shape index (κ3) is 3.78. The minimum Gasteiger partial charge on any atom is -0.369 e. The van der Waals surface area contributed by atoms with E-state index in [1.165, 1.54) is 12.1 Å². The number of nitrogens with one attached hydrogen (secondary N) is 1. The van der Waals surface area contributed by atoms with Gasteiger partial charge in [-0.15, -0.1) is 0 Å². The monoisotopic (exact) mass is 381 g/mol. The summed E-state index contributed by atoms with van der Waals surface area (Å²) < 4.78 is 21.3. The highest BCUT2D eigenvalue weighted by molar-refractivity contribution is 5.81. The summed E-state index contributed by atoms with van der Waals surface area (Å²) in [5.41, 5.74) is 2.16. The van der Waals surface area contributed by atoms with Crippen LogP contribution in [-0.4, -0.2) is 28.6 Å². The molecule has 1 aliphatic rings. The maximum Gasteiger partial charge on any atom is 0.240 e. The van der Waals surface area contributed by atoms with Gasteiger partial charge in [-0.05, 0) is 30.5 Å². The molecule has 2 aromatic carbocycles. The lowest BCUT2D eigenvalue weighted by molar-refractivity contribution is -0.122. The minimum absolute atomic E-state index is 0.0558. The van der Waals surface area contributed by atoms with Gasteiger partial charge in [0.2, 0.25) is 5.91 Å². The molecular formula is C22H24FN3O2. The highest BCUT2D eigenvalue weighted by Gasteiger charge is 2.24. The van der Waals surface area contributed by atoms with Crippen molar-refractivity contribution in [2.45, 2.75) is 44.4 Å². The van der Waals surface area contributed by atoms with E-state index in [4.69, 9.17) is 4.74 Å². The van der Waals surface area contributed by atoms with Crippen LogP contribution in [0.1, 0.15) is 43.2 Å². The predicted molar refractivity (Wildman–Crippen MR) is 105 cm³/mol. The van der Waals surface area contributed by atoms with Crippen LogP contribution in [0, 0.1) is 5.82 Å². The van der Waals surface area contributed by atoms with Crippen molar-refractivity contribution < 1.29 is 13.9 Å². The molecule has 1 aromatic heterocycles. The fraction of sp³-hybridized carbons (Fsp3) is 0.364. The van der Waals surface area contributed by atoms with E-state index < -0.39 is 6.10 Å². The van der Waals surface area contributed by atoms with E-state index in [2.05, 4.69) is 10.3 Å². The molecule has 0 bridgehead atoms. The molecule has 1 aliphatic carbocycles. The second-order valence-corrected chi connectivity index (χ2v) is 7.26. The predicted octanol–water partition coefficient (Wildman–Crippen LogP) is 3.97. The number of hydrogen-bond acceptors (Lipinski definition) is 3. The molecule has 1 heterocycles. The summed E-state index contributed by atoms with van der Waals surface area (Å²) in [7, 11) is 1.61. The zero-order valence-electron chi connectivity index (χ0n) is 15.9. The van der Waals surface area contributed by atoms with Crippen molar-refractivity contribution in [3.8, 4) is 0 Å². The first-order chi connectivity index (χ1) is 13.7. The molecule has 0 aliphatic heterocycles. The summed E-state index contributed by atoms with van der Waals surface area (Å²) in [4.78, 5) is 17.3. The number of benzene rings is 2. The van der Waals surface area contributed by atoms with E-state index in [-0.39, 0.29) is 24.3 Å². The number of hydrogen-bond donors (Lipinski definition) is 1. The van der Waals surface area contributed by atoms with E-state index in [1.54, 1.807) is 13.2 Å². The van der Waals surface area contributed by atoms with Gasteiger partial charge in [0.05, 0.1) is 11.0 Å². The van der Waals surface area contributed by atoms with Crippen molar-refractivity contribution in [2.75, 3.05) is 7.11 Å². The van der Waals surface area contributed by atoms with Crippen LogP contribution >= 0.6 is 0 Å². The summed E-state index contributed by atoms with van der Waals surface area (Å²) in [5.74, 6) is 0.184. The number of methoxy groups -OCH3 is 1. The van der Waals surface area contributed by atoms with Gasteiger partial charge in [0.1, 0.15) is 24.3 Å². The molecule has 1 N–H and O–H groups in total. The number of halogens is 1. The summed E-state index contributed by atoms with van der Waals surface area (Å²) in [5, 5.41) is 3.11. The van der Waals surface area contributed by atoms with Crippen molar-refractivity contribution in [3.63, 3.8) is 0 Å². The summed E-state index contributed by atoms with van der Waals surface area (Å²) >= 11 is 0. The molecule has 0 spiro atoms. The molecule has 5 nitrogen and oxygen atoms in total. The number of carbonyl (C=O) groups is 1. The Labute approximate surface area is 163 Å². The van der Waals surface area contributed by atoms with Gasteiger partial charge < -0.3 is 14.6 Å².